The molecular weight excluding hydrogens is 331 g/mol. The Morgan fingerprint density at radius 3 is 2.69 bits per heavy atom. The summed E-state index contributed by atoms with van der Waals surface area (Å²) in [6.07, 6.45) is 3.82. The van der Waals surface area contributed by atoms with Crippen LogP contribution in [0.1, 0.15) is 15.9 Å². The average Bonchev–Trinajstić information content (AvgIpc) is 2.69. The van der Waals surface area contributed by atoms with E-state index in [0.29, 0.717) is 29.0 Å². The first-order valence-electron chi connectivity index (χ1n) is 8.28. The number of pyridine rings is 1. The van der Waals surface area contributed by atoms with E-state index in [0.717, 1.165) is 12.0 Å². The summed E-state index contributed by atoms with van der Waals surface area (Å²) >= 11 is 0. The molecule has 0 fully saturated rings. The number of amides is 1. The van der Waals surface area contributed by atoms with E-state index >= 15 is 0 Å². The lowest BCUT2D eigenvalue weighted by atomic mass is 10.0. The van der Waals surface area contributed by atoms with E-state index < -0.39 is 0 Å². The lowest BCUT2D eigenvalue weighted by molar-refractivity contribution is 0.0954. The van der Waals surface area contributed by atoms with Gasteiger partial charge in [0.1, 0.15) is 11.6 Å². The van der Waals surface area contributed by atoms with Gasteiger partial charge in [-0.25, -0.2) is 4.39 Å². The first-order chi connectivity index (χ1) is 12.7. The summed E-state index contributed by atoms with van der Waals surface area (Å²) in [7, 11) is 1.52. The molecule has 3 aromatic rings. The zero-order chi connectivity index (χ0) is 18.4. The van der Waals surface area contributed by atoms with Crippen molar-refractivity contribution in [3.05, 3.63) is 83.9 Å². The highest BCUT2D eigenvalue weighted by Crippen LogP contribution is 2.30. The normalized spacial score (nSPS) is 10.4. The molecule has 3 rings (SSSR count). The zero-order valence-corrected chi connectivity index (χ0v) is 14.4. The molecule has 132 valence electrons. The lowest BCUT2D eigenvalue weighted by Crippen LogP contribution is -2.25. The molecule has 0 radical (unpaired) electrons. The van der Waals surface area contributed by atoms with Crippen molar-refractivity contribution in [3.63, 3.8) is 0 Å². The minimum absolute atomic E-state index is 0.217. The number of nitrogens with zero attached hydrogens (tertiary/aromatic N) is 1. The van der Waals surface area contributed by atoms with Gasteiger partial charge in [-0.1, -0.05) is 30.3 Å². The molecule has 0 aliphatic carbocycles. The van der Waals surface area contributed by atoms with Gasteiger partial charge in [-0.15, -0.1) is 0 Å². The number of carbonyl (C=O) groups is 1. The first-order valence-corrected chi connectivity index (χ1v) is 8.28. The fraction of sp³-hybridized carbons (Fsp3) is 0.143. The predicted octanol–water partition coefficient (Wildman–Crippen LogP) is 3.87. The van der Waals surface area contributed by atoms with Crippen LogP contribution in [0.4, 0.5) is 4.39 Å². The number of benzene rings is 2. The second kappa shape index (κ2) is 8.25. The van der Waals surface area contributed by atoms with Crippen LogP contribution in [0.25, 0.3) is 11.1 Å². The van der Waals surface area contributed by atoms with Crippen molar-refractivity contribution in [2.45, 2.75) is 6.42 Å². The van der Waals surface area contributed by atoms with Gasteiger partial charge in [0.15, 0.2) is 0 Å². The Bertz CT molecular complexity index is 898. The van der Waals surface area contributed by atoms with Crippen LogP contribution in [-0.2, 0) is 6.42 Å². The van der Waals surface area contributed by atoms with Crippen LogP contribution in [0.5, 0.6) is 5.75 Å². The van der Waals surface area contributed by atoms with E-state index in [9.17, 15) is 9.18 Å². The molecule has 0 unspecified atom stereocenters. The number of carbonyl (C=O) groups excluding carboxylic acids is 1. The van der Waals surface area contributed by atoms with Gasteiger partial charge < -0.3 is 10.1 Å². The molecule has 26 heavy (non-hydrogen) atoms. The van der Waals surface area contributed by atoms with Crippen molar-refractivity contribution in [1.29, 1.82) is 0 Å². The molecule has 2 aromatic carbocycles. The SMILES string of the molecule is COc1ccc(F)cc1-c1cncc(C(=O)NCCc2ccccc2)c1. The second-order valence-corrected chi connectivity index (χ2v) is 5.80. The van der Waals surface area contributed by atoms with Crippen molar-refractivity contribution in [3.8, 4) is 16.9 Å². The maximum absolute atomic E-state index is 13.6. The van der Waals surface area contributed by atoms with Crippen LogP contribution >= 0.6 is 0 Å². The molecule has 4 nitrogen and oxygen atoms in total. The molecule has 5 heteroatoms. The Hall–Kier alpha value is -3.21. The quantitative estimate of drug-likeness (QED) is 0.734. The van der Waals surface area contributed by atoms with Crippen molar-refractivity contribution in [2.75, 3.05) is 13.7 Å². The number of hydrogen-bond acceptors (Lipinski definition) is 3. The summed E-state index contributed by atoms with van der Waals surface area (Å²) in [4.78, 5) is 16.5. The van der Waals surface area contributed by atoms with Crippen molar-refractivity contribution in [2.24, 2.45) is 0 Å². The van der Waals surface area contributed by atoms with Gasteiger partial charge in [0.05, 0.1) is 12.7 Å². The van der Waals surface area contributed by atoms with Gasteiger partial charge in [0.2, 0.25) is 0 Å². The Labute approximate surface area is 151 Å². The third-order valence-corrected chi connectivity index (χ3v) is 4.02. The van der Waals surface area contributed by atoms with Gasteiger partial charge in [-0.2, -0.15) is 0 Å². The first kappa shape index (κ1) is 17.6. The smallest absolute Gasteiger partial charge is 0.252 e. The monoisotopic (exact) mass is 350 g/mol. The van der Waals surface area contributed by atoms with Gasteiger partial charge in [0, 0.05) is 30.1 Å². The van der Waals surface area contributed by atoms with Gasteiger partial charge in [-0.3, -0.25) is 9.78 Å². The van der Waals surface area contributed by atoms with Crippen LogP contribution < -0.4 is 10.1 Å². The lowest BCUT2D eigenvalue weighted by Gasteiger charge is -2.10. The molecule has 0 aliphatic rings. The van der Waals surface area contributed by atoms with Crippen molar-refractivity contribution < 1.29 is 13.9 Å². The molecular formula is C21H19FN2O2. The molecule has 0 spiro atoms. The Morgan fingerprint density at radius 1 is 1.12 bits per heavy atom. The molecule has 1 heterocycles. The standard InChI is InChI=1S/C21H19FN2O2/c1-26-20-8-7-18(22)12-19(20)16-11-17(14-23-13-16)21(25)24-10-9-15-5-3-2-4-6-15/h2-8,11-14H,9-10H2,1H3,(H,24,25). The van der Waals surface area contributed by atoms with Crippen molar-refractivity contribution >= 4 is 5.91 Å². The number of nitrogens with one attached hydrogen (secondary N) is 1. The summed E-state index contributed by atoms with van der Waals surface area (Å²) in [5, 5.41) is 2.88. The Balaban J connectivity index is 1.73. The van der Waals surface area contributed by atoms with Crippen LogP contribution in [0.2, 0.25) is 0 Å². The number of hydrogen-bond donors (Lipinski definition) is 1. The fourth-order valence-electron chi connectivity index (χ4n) is 2.68. The zero-order valence-electron chi connectivity index (χ0n) is 14.4. The summed E-state index contributed by atoms with van der Waals surface area (Å²) < 4.78 is 18.9. The van der Waals surface area contributed by atoms with Crippen molar-refractivity contribution in [1.82, 2.24) is 10.3 Å². The summed E-state index contributed by atoms with van der Waals surface area (Å²) in [5.74, 6) is -0.0704. The molecule has 0 saturated heterocycles. The topological polar surface area (TPSA) is 51.2 Å². The molecule has 0 saturated carbocycles. The minimum atomic E-state index is -0.376. The molecule has 0 atom stereocenters. The van der Waals surface area contributed by atoms with E-state index in [1.807, 2.05) is 30.3 Å². The van der Waals surface area contributed by atoms with Gasteiger partial charge >= 0.3 is 0 Å². The average molecular weight is 350 g/mol. The largest absolute Gasteiger partial charge is 0.496 e. The number of aromatic nitrogens is 1. The fourth-order valence-corrected chi connectivity index (χ4v) is 2.68. The molecule has 1 amide bonds. The van der Waals surface area contributed by atoms with Crippen LogP contribution in [0, 0.1) is 5.82 Å². The van der Waals surface area contributed by atoms with Crippen LogP contribution in [-0.4, -0.2) is 24.5 Å². The Kier molecular flexibility index (Phi) is 5.59. The number of rotatable bonds is 6. The number of methoxy groups -OCH3 is 1. The summed E-state index contributed by atoms with van der Waals surface area (Å²) in [6.45, 7) is 0.524. The highest BCUT2D eigenvalue weighted by Gasteiger charge is 2.11. The molecule has 1 aromatic heterocycles. The third kappa shape index (κ3) is 4.25. The van der Waals surface area contributed by atoms with E-state index in [2.05, 4.69) is 10.3 Å². The van der Waals surface area contributed by atoms with Gasteiger partial charge in [-0.05, 0) is 36.2 Å². The molecule has 0 aliphatic heterocycles. The van der Waals surface area contributed by atoms with Gasteiger partial charge in [0.25, 0.3) is 5.91 Å². The minimum Gasteiger partial charge on any atom is -0.496 e. The van der Waals surface area contributed by atoms with E-state index in [-0.39, 0.29) is 11.7 Å². The molecule has 1 N–H and O–H groups in total. The third-order valence-electron chi connectivity index (χ3n) is 4.02. The number of ether oxygens (including phenoxy) is 1. The van der Waals surface area contributed by atoms with Crippen LogP contribution in [0.3, 0.4) is 0 Å². The second-order valence-electron chi connectivity index (χ2n) is 5.80. The maximum atomic E-state index is 13.6. The maximum Gasteiger partial charge on any atom is 0.252 e. The highest BCUT2D eigenvalue weighted by molar-refractivity contribution is 5.95. The van der Waals surface area contributed by atoms with Crippen LogP contribution in [0.15, 0.2) is 67.0 Å². The predicted molar refractivity (Wildman–Crippen MR) is 98.7 cm³/mol. The van der Waals surface area contributed by atoms with E-state index in [4.69, 9.17) is 4.74 Å². The highest BCUT2D eigenvalue weighted by atomic mass is 19.1. The van der Waals surface area contributed by atoms with E-state index in [1.54, 1.807) is 18.3 Å². The van der Waals surface area contributed by atoms with E-state index in [1.165, 1.54) is 25.4 Å². The summed E-state index contributed by atoms with van der Waals surface area (Å²) in [5.41, 5.74) is 2.75. The summed E-state index contributed by atoms with van der Waals surface area (Å²) in [6, 6.07) is 15.9. The Morgan fingerprint density at radius 2 is 1.92 bits per heavy atom. The number of halogens is 1. The molecule has 0 bridgehead atoms.